The summed E-state index contributed by atoms with van der Waals surface area (Å²) >= 11 is -2.65. The third-order valence-corrected chi connectivity index (χ3v) is 1.04. The van der Waals surface area contributed by atoms with Crippen molar-refractivity contribution in [3.63, 3.8) is 0 Å². The number of hydrogen-bond donors (Lipinski definition) is 1. The molecule has 0 aliphatic carbocycles. The van der Waals surface area contributed by atoms with Gasteiger partial charge in [-0.05, 0) is 0 Å². The third-order valence-electron chi connectivity index (χ3n) is 0.112. The van der Waals surface area contributed by atoms with Gasteiger partial charge in [0, 0.05) is 0 Å². The predicted molar refractivity (Wildman–Crippen MR) is 12.5 cm³/mol. The summed E-state index contributed by atoms with van der Waals surface area (Å²) in [5.41, 5.74) is 0. The van der Waals surface area contributed by atoms with Gasteiger partial charge in [-0.2, -0.15) is 0 Å². The van der Waals surface area contributed by atoms with Crippen molar-refractivity contribution in [1.29, 1.82) is 2.87 Å². The summed E-state index contributed by atoms with van der Waals surface area (Å²) < 4.78 is 16.5. The molecule has 0 fully saturated rings. The van der Waals surface area contributed by atoms with Gasteiger partial charge >= 0.3 is 39.4 Å². The fourth-order valence-corrected chi connectivity index (χ4v) is 0. The first-order chi connectivity index (χ1) is 2.27. The molecule has 0 heterocycles. The maximum absolute atomic E-state index is 6.55. The standard InChI is InChI=1S/CH3N.HN.U.H/c1-2;;;/h1H3;1H;;/i;;;1+1. The summed E-state index contributed by atoms with van der Waals surface area (Å²) in [5.74, 6) is 0. The van der Waals surface area contributed by atoms with Crippen molar-refractivity contribution < 1.29 is 27.2 Å². The van der Waals surface area contributed by atoms with Crippen LogP contribution < -0.4 is 0 Å². The first-order valence-electron chi connectivity index (χ1n) is 1.42. The third kappa shape index (κ3) is 2.65. The zero-order valence-corrected chi connectivity index (χ0v) is 6.61. The van der Waals surface area contributed by atoms with Crippen LogP contribution in [0.4, 0.5) is 0 Å². The van der Waals surface area contributed by atoms with E-state index in [1.807, 2.05) is 0 Å². The molecule has 4 heavy (non-hydrogen) atoms. The van der Waals surface area contributed by atoms with E-state index in [0.29, 0.717) is 0 Å². The Balaban J connectivity index is 3.62. The fourth-order valence-electron chi connectivity index (χ4n) is 0. The molecular formula is CH5N2U. The van der Waals surface area contributed by atoms with Crippen LogP contribution in [0.25, 0.3) is 0 Å². The molecule has 1 N–H and O–H groups in total. The van der Waals surface area contributed by atoms with Gasteiger partial charge in [-0.1, -0.05) is 0 Å². The summed E-state index contributed by atoms with van der Waals surface area (Å²) in [4.78, 5) is 0. The average Bonchev–Trinajstić information content (AvgIpc) is 1.38. The zero-order chi connectivity index (χ0) is 4.28. The molecule has 0 amide bonds. The molecule has 0 unspecified atom stereocenters. The Hall–Kier alpha value is 0.652. The molecule has 2 nitrogen and oxygen atoms in total. The van der Waals surface area contributed by atoms with E-state index in [9.17, 15) is 0 Å². The Morgan fingerprint density at radius 3 is 2.75 bits per heavy atom. The van der Waals surface area contributed by atoms with Gasteiger partial charge in [0.2, 0.25) is 0 Å². The molecule has 0 saturated carbocycles. The summed E-state index contributed by atoms with van der Waals surface area (Å²) in [6.45, 7) is 0. The summed E-state index contributed by atoms with van der Waals surface area (Å²) in [6, 6.07) is 0. The van der Waals surface area contributed by atoms with Crippen LogP contribution in [0, 0.1) is 29.9 Å². The molecule has 0 atom stereocenters. The van der Waals surface area contributed by atoms with Crippen molar-refractivity contribution in [2.24, 2.45) is 2.26 Å². The molecule has 23 valence electrons. The second-order valence-corrected chi connectivity index (χ2v) is 3.13. The van der Waals surface area contributed by atoms with E-state index >= 15 is 0 Å². The Morgan fingerprint density at radius 1 is 2.50 bits per heavy atom. The molecule has 0 rings (SSSR count). The van der Waals surface area contributed by atoms with E-state index in [4.69, 9.17) is 2.87 Å². The van der Waals surface area contributed by atoms with E-state index in [1.54, 1.807) is 7.05 Å². The Kier molecular flexibility index (Phi) is 2.62. The molecule has 0 aliphatic rings. The van der Waals surface area contributed by atoms with Crippen LogP contribution in [0.15, 0.2) is 2.26 Å². The monoisotopic (exact) mass is 284 g/mol. The average molecular weight is 284 g/mol. The molecule has 0 aromatic carbocycles. The number of rotatable bonds is 0. The molecule has 0 aromatic rings. The summed E-state index contributed by atoms with van der Waals surface area (Å²) in [7, 11) is 1.55. The van der Waals surface area contributed by atoms with Gasteiger partial charge < -0.3 is 0 Å². The molecule has 3 heteroatoms. The van der Waals surface area contributed by atoms with Crippen LogP contribution in [0.2, 0.25) is 0 Å². The number of hydrogen-bond acceptors (Lipinski definition) is 2. The van der Waals surface area contributed by atoms with Gasteiger partial charge in [0.25, 0.3) is 0 Å². The van der Waals surface area contributed by atoms with Crippen molar-refractivity contribution in [3.05, 3.63) is 0 Å². The first kappa shape index (κ1) is 2.87. The minimum absolute atomic E-state index is 1.55. The SMILES string of the molecule is [2H][U](=[NH])=[N]C. The zero-order valence-electron chi connectivity index (χ0n) is 3.45. The topological polar surface area (TPSA) is 36.2 Å². The van der Waals surface area contributed by atoms with Gasteiger partial charge in [0.1, 0.15) is 0 Å². The van der Waals surface area contributed by atoms with Crippen LogP contribution >= 0.6 is 0 Å². The van der Waals surface area contributed by atoms with Crippen molar-refractivity contribution in [2.75, 3.05) is 7.05 Å². The van der Waals surface area contributed by atoms with Crippen molar-refractivity contribution in [1.82, 2.24) is 0 Å². The van der Waals surface area contributed by atoms with E-state index < -0.39 is 27.2 Å². The van der Waals surface area contributed by atoms with Crippen LogP contribution in [0.3, 0.4) is 0 Å². The van der Waals surface area contributed by atoms with E-state index in [0.717, 1.165) is 0 Å². The first-order valence-corrected chi connectivity index (χ1v) is 4.86. The Bertz CT molecular complexity index is 81.6. The Morgan fingerprint density at radius 2 is 2.75 bits per heavy atom. The van der Waals surface area contributed by atoms with Crippen molar-refractivity contribution in [2.45, 2.75) is 0 Å². The van der Waals surface area contributed by atoms with Crippen molar-refractivity contribution >= 4 is 0 Å². The van der Waals surface area contributed by atoms with Gasteiger partial charge in [0.05, 0.1) is 0 Å². The summed E-state index contributed by atoms with van der Waals surface area (Å²) in [6.07, 6.45) is 0. The van der Waals surface area contributed by atoms with E-state index in [1.165, 1.54) is 0 Å². The number of nitrogens with one attached hydrogen (secondary N) is 1. The molecule has 0 aliphatic heterocycles. The summed E-state index contributed by atoms with van der Waals surface area (Å²) in [5, 5.41) is 0. The molecule has 0 radical (unpaired) electrons. The number of nitrogens with zero attached hydrogens (tertiary/aromatic N) is 1. The van der Waals surface area contributed by atoms with E-state index in [-0.39, 0.29) is 0 Å². The molecule has 0 aromatic heterocycles. The van der Waals surface area contributed by atoms with Gasteiger partial charge in [0.15, 0.2) is 0 Å². The van der Waals surface area contributed by atoms with Crippen molar-refractivity contribution in [3.8, 4) is 0 Å². The van der Waals surface area contributed by atoms with Crippen LogP contribution in [0.5, 0.6) is 0 Å². The van der Waals surface area contributed by atoms with Gasteiger partial charge in [-0.15, -0.1) is 0 Å². The van der Waals surface area contributed by atoms with Gasteiger partial charge in [-0.3, -0.25) is 0 Å². The van der Waals surface area contributed by atoms with Crippen LogP contribution in [-0.4, -0.2) is 7.24 Å². The normalized spacial score (nSPS) is 15.2. The fraction of sp³-hybridized carbons (Fsp3) is 1.00. The predicted octanol–water partition coefficient (Wildman–Crippen LogP) is 0.379. The Labute approximate surface area is 39.5 Å². The maximum atomic E-state index is 6.55. The molecule has 0 bridgehead atoms. The second-order valence-electron chi connectivity index (χ2n) is 0.335. The minimum atomic E-state index is -2.65. The quantitative estimate of drug-likeness (QED) is 0.668. The van der Waals surface area contributed by atoms with Gasteiger partial charge in [-0.25, -0.2) is 0 Å². The molecular weight excluding hydrogens is 278 g/mol. The van der Waals surface area contributed by atoms with Crippen LogP contribution in [0.1, 0.15) is 0 Å². The van der Waals surface area contributed by atoms with E-state index in [2.05, 4.69) is 2.26 Å². The second kappa shape index (κ2) is 3.65. The van der Waals surface area contributed by atoms with Crippen LogP contribution in [-0.2, 0) is 0 Å². The molecule has 0 spiro atoms. The molecule has 0 saturated heterocycles.